The van der Waals surface area contributed by atoms with Crippen LogP contribution in [0, 0.1) is 50.2 Å². The second-order valence-corrected chi connectivity index (χ2v) is 25.8. The standard InChI is InChI=1S/C54H84O21/c1-23-34(58)27(57)18-33(68-23)71-32-20-49(3,4)19-26-25-10-11-30-51(6)14-13-31(52(7,22-56)29(51)12-15-54(30,9)53(25,8)17-16-50(26,32)5)72-48-44(40(64)39(63)42(73-48)45(66)67)75-47-43(38(62)36(60)28(21-55)70-47)74-46-41(65)37(61)35(59)24(2)69-46/h10,24,26,28-33,35-44,46-48,55-56,58-65H,11-22H2,1-9H3,(H,66,67)/t24-,26?,28+,29+,30?,31-,32+,33?,35-,36-,37+,38+,39-,40-,41+,42-,43-,44+,46-,47-,48+,50+,51-,52+,53+,54+/m0/s1. The maximum Gasteiger partial charge on any atom is 0.335 e. The van der Waals surface area contributed by atoms with Crippen LogP contribution in [0.15, 0.2) is 23.2 Å². The summed E-state index contributed by atoms with van der Waals surface area (Å²) < 4.78 is 49.1. The molecule has 21 nitrogen and oxygen atoms in total. The van der Waals surface area contributed by atoms with Gasteiger partial charge in [0.2, 0.25) is 12.1 Å². The van der Waals surface area contributed by atoms with Gasteiger partial charge in [-0.05, 0) is 111 Å². The summed E-state index contributed by atoms with van der Waals surface area (Å²) in [7, 11) is 0. The Morgan fingerprint density at radius 2 is 1.35 bits per heavy atom. The number of ketones is 1. The normalized spacial score (nSPS) is 52.9. The summed E-state index contributed by atoms with van der Waals surface area (Å²) >= 11 is 0. The topological polar surface area (TPSA) is 331 Å². The van der Waals surface area contributed by atoms with E-state index in [1.165, 1.54) is 12.5 Å². The van der Waals surface area contributed by atoms with Gasteiger partial charge in [0.25, 0.3) is 0 Å². The van der Waals surface area contributed by atoms with Gasteiger partial charge in [-0.15, -0.1) is 0 Å². The zero-order chi connectivity index (χ0) is 54.9. The molecular formula is C54H84O21. The number of hydrogen-bond donors (Lipinski definition) is 11. The molecule has 0 aromatic rings. The van der Waals surface area contributed by atoms with Gasteiger partial charge in [0.1, 0.15) is 66.8 Å². The van der Waals surface area contributed by atoms with Crippen molar-refractivity contribution in [2.75, 3.05) is 13.2 Å². The van der Waals surface area contributed by atoms with E-state index in [0.717, 1.165) is 44.9 Å². The molecule has 5 aliphatic carbocycles. The number of aliphatic carboxylic acids is 1. The summed E-state index contributed by atoms with van der Waals surface area (Å²) in [5.41, 5.74) is -0.538. The average Bonchev–Trinajstić information content (AvgIpc) is 3.35. The predicted octanol–water partition coefficient (Wildman–Crippen LogP) is 1.83. The molecule has 26 atom stereocenters. The number of hydrogen-bond acceptors (Lipinski definition) is 20. The summed E-state index contributed by atoms with van der Waals surface area (Å²) in [5.74, 6) is -1.94. The molecule has 3 unspecified atom stereocenters. The number of allylic oxidation sites excluding steroid dienone is 4. The largest absolute Gasteiger partial charge is 0.502 e. The lowest BCUT2D eigenvalue weighted by molar-refractivity contribution is -0.396. The molecule has 9 rings (SSSR count). The Hall–Kier alpha value is -2.42. The maximum atomic E-state index is 12.7. The molecular weight excluding hydrogens is 985 g/mol. The van der Waals surface area contributed by atoms with Crippen LogP contribution in [0.4, 0.5) is 0 Å². The van der Waals surface area contributed by atoms with Crippen molar-refractivity contribution >= 4 is 11.8 Å². The molecule has 7 fully saturated rings. The number of fused-ring (bicyclic) bond motifs is 7. The monoisotopic (exact) mass is 1070 g/mol. The van der Waals surface area contributed by atoms with E-state index >= 15 is 0 Å². The van der Waals surface area contributed by atoms with Gasteiger partial charge in [0.05, 0.1) is 37.9 Å². The van der Waals surface area contributed by atoms with Crippen molar-refractivity contribution in [2.45, 2.75) is 237 Å². The summed E-state index contributed by atoms with van der Waals surface area (Å²) in [6.45, 7) is 17.9. The molecule has 426 valence electrons. The molecule has 0 aromatic carbocycles. The SMILES string of the molecule is CC1=C(O)C(=O)CC(O[C@@H]2CC(C)(C)CC3C4=CCC5[C@@]6(C)CC[C@H](O[C@@H]7O[C@H](C(=O)O)[C@@H](O)[C@H](O)[C@H]7O[C@@H]7O[C@H](CO)[C@H](O)[C@@H](O)[C@@H]7O[C@@H]7O[C@@H](C)[C@H](O)[C@@H](O)[C@H]7O)[C@](C)(CO)[C@@H]6CC[C@@]5(C)[C@]4(C)CC[C@]32C)O1. The number of ether oxygens (including phenoxy) is 8. The minimum Gasteiger partial charge on any atom is -0.502 e. The number of Topliss-reactive ketones (excluding diaryl/α,β-unsaturated/α-hetero) is 1. The summed E-state index contributed by atoms with van der Waals surface area (Å²) in [6, 6.07) is 0. The fraction of sp³-hybridized carbons (Fsp3) is 0.889. The van der Waals surface area contributed by atoms with E-state index in [1.807, 2.05) is 6.92 Å². The van der Waals surface area contributed by atoms with Crippen LogP contribution in [0.2, 0.25) is 0 Å². The number of aliphatic hydroxyl groups is 10. The third kappa shape index (κ3) is 9.25. The van der Waals surface area contributed by atoms with Crippen LogP contribution in [0.3, 0.4) is 0 Å². The third-order valence-electron chi connectivity index (χ3n) is 21.0. The molecule has 11 N–H and O–H groups in total. The quantitative estimate of drug-likeness (QED) is 0.104. The molecule has 21 heteroatoms. The number of carboxylic acids is 1. The van der Waals surface area contributed by atoms with E-state index < -0.39 is 123 Å². The highest BCUT2D eigenvalue weighted by Crippen LogP contribution is 2.76. The Morgan fingerprint density at radius 1 is 0.693 bits per heavy atom. The molecule has 3 saturated heterocycles. The maximum absolute atomic E-state index is 12.7. The first-order valence-corrected chi connectivity index (χ1v) is 27.1. The fourth-order valence-electron chi connectivity index (χ4n) is 16.3. The highest BCUT2D eigenvalue weighted by Gasteiger charge is 2.70. The zero-order valence-electron chi connectivity index (χ0n) is 44.7. The van der Waals surface area contributed by atoms with Gasteiger partial charge in [-0.2, -0.15) is 0 Å². The first kappa shape index (κ1) is 57.3. The van der Waals surface area contributed by atoms with Crippen LogP contribution < -0.4 is 0 Å². The Kier molecular flexibility index (Phi) is 15.5. The number of carbonyl (C=O) groups excluding carboxylic acids is 1. The van der Waals surface area contributed by atoms with Crippen LogP contribution in [0.5, 0.6) is 0 Å². The molecule has 0 amide bonds. The number of aliphatic hydroxyl groups excluding tert-OH is 10. The van der Waals surface area contributed by atoms with E-state index in [-0.39, 0.29) is 81.3 Å². The smallest absolute Gasteiger partial charge is 0.335 e. The molecule has 0 radical (unpaired) electrons. The Morgan fingerprint density at radius 3 is 1.99 bits per heavy atom. The van der Waals surface area contributed by atoms with Crippen LogP contribution >= 0.6 is 0 Å². The third-order valence-corrected chi connectivity index (χ3v) is 21.0. The molecule has 75 heavy (non-hydrogen) atoms. The minimum atomic E-state index is -2.09. The second kappa shape index (κ2) is 20.3. The minimum absolute atomic E-state index is 0.0493. The molecule has 4 heterocycles. The lowest BCUT2D eigenvalue weighted by Crippen LogP contribution is -2.68. The van der Waals surface area contributed by atoms with Gasteiger partial charge in [-0.1, -0.05) is 60.1 Å². The number of carbonyl (C=O) groups is 2. The van der Waals surface area contributed by atoms with Crippen molar-refractivity contribution in [1.29, 1.82) is 0 Å². The van der Waals surface area contributed by atoms with Gasteiger partial charge in [-0.3, -0.25) is 4.79 Å². The van der Waals surface area contributed by atoms with Crippen LogP contribution in [0.1, 0.15) is 127 Å². The van der Waals surface area contributed by atoms with Gasteiger partial charge >= 0.3 is 5.97 Å². The highest BCUT2D eigenvalue weighted by atomic mass is 16.8. The van der Waals surface area contributed by atoms with Gasteiger partial charge < -0.3 is 94.1 Å². The molecule has 4 aliphatic heterocycles. The summed E-state index contributed by atoms with van der Waals surface area (Å²) in [4.78, 5) is 25.3. The predicted molar refractivity (Wildman–Crippen MR) is 259 cm³/mol. The summed E-state index contributed by atoms with van der Waals surface area (Å²) in [6.07, 6.45) is -19.0. The van der Waals surface area contributed by atoms with Crippen molar-refractivity contribution in [1.82, 2.24) is 0 Å². The van der Waals surface area contributed by atoms with Gasteiger partial charge in [0, 0.05) is 10.8 Å². The fourth-order valence-corrected chi connectivity index (χ4v) is 16.3. The van der Waals surface area contributed by atoms with E-state index in [0.29, 0.717) is 12.8 Å². The molecule has 0 spiro atoms. The van der Waals surface area contributed by atoms with Crippen LogP contribution in [0.25, 0.3) is 0 Å². The van der Waals surface area contributed by atoms with E-state index in [1.54, 1.807) is 6.92 Å². The highest BCUT2D eigenvalue weighted by molar-refractivity contribution is 5.94. The van der Waals surface area contributed by atoms with Crippen LogP contribution in [-0.4, -0.2) is 192 Å². The van der Waals surface area contributed by atoms with E-state index in [2.05, 4.69) is 47.6 Å². The van der Waals surface area contributed by atoms with E-state index in [9.17, 15) is 65.8 Å². The van der Waals surface area contributed by atoms with Gasteiger partial charge in [-0.25, -0.2) is 4.79 Å². The molecule has 0 bridgehead atoms. The Balaban J connectivity index is 0.980. The van der Waals surface area contributed by atoms with Crippen molar-refractivity contribution in [3.63, 3.8) is 0 Å². The van der Waals surface area contributed by atoms with E-state index in [4.69, 9.17) is 37.9 Å². The Labute approximate surface area is 438 Å². The first-order chi connectivity index (χ1) is 35.0. The Bertz CT molecular complexity index is 2210. The lowest BCUT2D eigenvalue weighted by Gasteiger charge is -2.72. The second-order valence-electron chi connectivity index (χ2n) is 25.8. The number of rotatable bonds is 11. The molecule has 4 saturated carbocycles. The zero-order valence-corrected chi connectivity index (χ0v) is 44.7. The van der Waals surface area contributed by atoms with Crippen LogP contribution in [-0.2, 0) is 47.5 Å². The average molecular weight is 1070 g/mol. The van der Waals surface area contributed by atoms with Crippen molar-refractivity contribution in [3.05, 3.63) is 23.2 Å². The first-order valence-electron chi connectivity index (χ1n) is 27.1. The van der Waals surface area contributed by atoms with Crippen molar-refractivity contribution in [2.24, 2.45) is 50.2 Å². The molecule has 0 aromatic heterocycles. The summed E-state index contributed by atoms with van der Waals surface area (Å²) in [5, 5.41) is 119. The molecule has 9 aliphatic rings. The van der Waals surface area contributed by atoms with Crippen molar-refractivity contribution < 1.29 is 104 Å². The van der Waals surface area contributed by atoms with Crippen molar-refractivity contribution in [3.8, 4) is 0 Å². The number of carboxylic acid groups (broad SMARTS) is 1. The van der Waals surface area contributed by atoms with Gasteiger partial charge in [0.15, 0.2) is 30.7 Å². The lowest BCUT2D eigenvalue weighted by atomic mass is 9.33.